The van der Waals surface area contributed by atoms with Crippen LogP contribution in [0.1, 0.15) is 12.8 Å². The van der Waals surface area contributed by atoms with Gasteiger partial charge in [-0.15, -0.1) is 11.8 Å². The average Bonchev–Trinajstić information content (AvgIpc) is 3.00. The maximum Gasteiger partial charge on any atom is 0.231 e. The topological polar surface area (TPSA) is 29.1 Å². The molecule has 1 fully saturated rings. The largest absolute Gasteiger partial charge is 0.322 e. The lowest BCUT2D eigenvalue weighted by Crippen LogP contribution is -2.24. The van der Waals surface area contributed by atoms with E-state index < -0.39 is 0 Å². The van der Waals surface area contributed by atoms with Gasteiger partial charge in [0.1, 0.15) is 5.82 Å². The minimum Gasteiger partial charge on any atom is -0.322 e. The van der Waals surface area contributed by atoms with Crippen LogP contribution in [0.5, 0.6) is 0 Å². The normalized spacial score (nSPS) is 21.8. The summed E-state index contributed by atoms with van der Waals surface area (Å²) in [5.74, 6) is 0.417. The summed E-state index contributed by atoms with van der Waals surface area (Å²) in [6.07, 6.45) is 1.86. The molecule has 0 bridgehead atoms. The van der Waals surface area contributed by atoms with Gasteiger partial charge in [-0.2, -0.15) is 0 Å². The molecule has 0 radical (unpaired) electrons. The summed E-state index contributed by atoms with van der Waals surface area (Å²) in [5, 5.41) is 2.71. The minimum atomic E-state index is -0.342. The minimum absolute atomic E-state index is 0.0150. The van der Waals surface area contributed by atoms with Crippen LogP contribution in [0.15, 0.2) is 23.1 Å². The number of halogens is 1. The number of carbonyl (C=O) groups is 1. The number of nitrogens with one attached hydrogen (secondary N) is 1. The second kappa shape index (κ2) is 2.98. The molecule has 1 aromatic carbocycles. The summed E-state index contributed by atoms with van der Waals surface area (Å²) < 4.78 is 13.5. The third-order valence-corrected chi connectivity index (χ3v) is 4.40. The van der Waals surface area contributed by atoms with E-state index in [9.17, 15) is 9.18 Å². The number of thioether (sulfide) groups is 1. The molecule has 1 aliphatic carbocycles. The number of rotatable bonds is 0. The van der Waals surface area contributed by atoms with Crippen molar-refractivity contribution in [3.8, 4) is 0 Å². The average molecular weight is 223 g/mol. The van der Waals surface area contributed by atoms with E-state index in [-0.39, 0.29) is 17.1 Å². The molecule has 0 aromatic heterocycles. The van der Waals surface area contributed by atoms with Crippen molar-refractivity contribution >= 4 is 23.4 Å². The molecule has 0 unspecified atom stereocenters. The molecule has 1 spiro atoms. The highest BCUT2D eigenvalue weighted by Crippen LogP contribution is 2.52. The van der Waals surface area contributed by atoms with Gasteiger partial charge in [0.25, 0.3) is 0 Å². The Morgan fingerprint density at radius 3 is 2.93 bits per heavy atom. The number of para-hydroxylation sites is 1. The van der Waals surface area contributed by atoms with E-state index >= 15 is 0 Å². The lowest BCUT2D eigenvalue weighted by molar-refractivity contribution is -0.120. The molecule has 1 saturated carbocycles. The molecule has 0 saturated heterocycles. The fourth-order valence-electron chi connectivity index (χ4n) is 1.80. The molecule has 1 N–H and O–H groups in total. The fourth-order valence-corrected chi connectivity index (χ4v) is 3.12. The predicted molar refractivity (Wildman–Crippen MR) is 57.4 cm³/mol. The summed E-state index contributed by atoms with van der Waals surface area (Å²) in [6.45, 7) is 0. The Kier molecular flexibility index (Phi) is 1.83. The van der Waals surface area contributed by atoms with E-state index in [1.807, 2.05) is 6.07 Å². The van der Waals surface area contributed by atoms with Crippen LogP contribution in [-0.2, 0) is 4.79 Å². The summed E-state index contributed by atoms with van der Waals surface area (Å²) in [6, 6.07) is 4.91. The molecule has 15 heavy (non-hydrogen) atoms. The van der Waals surface area contributed by atoms with E-state index in [2.05, 4.69) is 5.32 Å². The Balaban J connectivity index is 2.04. The van der Waals surface area contributed by atoms with Crippen LogP contribution in [0, 0.1) is 11.2 Å². The van der Waals surface area contributed by atoms with Crippen molar-refractivity contribution < 1.29 is 9.18 Å². The van der Waals surface area contributed by atoms with Gasteiger partial charge in [-0.25, -0.2) is 4.39 Å². The van der Waals surface area contributed by atoms with Crippen LogP contribution >= 0.6 is 11.8 Å². The molecular formula is C11H10FNOS. The van der Waals surface area contributed by atoms with Gasteiger partial charge in [-0.05, 0) is 25.0 Å². The van der Waals surface area contributed by atoms with Crippen LogP contribution in [0.3, 0.4) is 0 Å². The fraction of sp³-hybridized carbons (Fsp3) is 0.364. The zero-order valence-electron chi connectivity index (χ0n) is 8.05. The molecule has 2 aliphatic rings. The van der Waals surface area contributed by atoms with E-state index in [1.165, 1.54) is 6.07 Å². The quantitative estimate of drug-likeness (QED) is 0.732. The van der Waals surface area contributed by atoms with Gasteiger partial charge in [0.15, 0.2) is 0 Å². The molecular weight excluding hydrogens is 213 g/mol. The van der Waals surface area contributed by atoms with Crippen LogP contribution < -0.4 is 5.32 Å². The van der Waals surface area contributed by atoms with Crippen LogP contribution in [0.2, 0.25) is 0 Å². The van der Waals surface area contributed by atoms with Crippen molar-refractivity contribution in [3.05, 3.63) is 24.0 Å². The molecule has 1 aliphatic heterocycles. The summed E-state index contributed by atoms with van der Waals surface area (Å²) >= 11 is 1.57. The Morgan fingerprint density at radius 2 is 2.20 bits per heavy atom. The number of hydrogen-bond donors (Lipinski definition) is 1. The highest BCUT2D eigenvalue weighted by atomic mass is 32.2. The first-order chi connectivity index (χ1) is 7.21. The van der Waals surface area contributed by atoms with Crippen molar-refractivity contribution in [1.29, 1.82) is 0 Å². The first kappa shape index (κ1) is 9.21. The highest BCUT2D eigenvalue weighted by Gasteiger charge is 2.51. The van der Waals surface area contributed by atoms with Gasteiger partial charge < -0.3 is 5.32 Å². The number of amides is 1. The maximum atomic E-state index is 13.5. The van der Waals surface area contributed by atoms with Crippen molar-refractivity contribution in [2.75, 3.05) is 11.1 Å². The molecule has 1 aromatic rings. The van der Waals surface area contributed by atoms with Crippen LogP contribution in [0.25, 0.3) is 0 Å². The number of fused-ring (bicyclic) bond motifs is 1. The lowest BCUT2D eigenvalue weighted by Gasteiger charge is -2.09. The van der Waals surface area contributed by atoms with E-state index in [0.717, 1.165) is 23.5 Å². The zero-order chi connectivity index (χ0) is 10.5. The van der Waals surface area contributed by atoms with Gasteiger partial charge in [0, 0.05) is 10.6 Å². The lowest BCUT2D eigenvalue weighted by atomic mass is 10.1. The maximum absolute atomic E-state index is 13.5. The molecule has 3 rings (SSSR count). The first-order valence-corrected chi connectivity index (χ1v) is 5.93. The zero-order valence-corrected chi connectivity index (χ0v) is 8.86. The molecule has 1 heterocycles. The highest BCUT2D eigenvalue weighted by molar-refractivity contribution is 7.99. The Hall–Kier alpha value is -1.03. The van der Waals surface area contributed by atoms with E-state index in [4.69, 9.17) is 0 Å². The smallest absolute Gasteiger partial charge is 0.231 e. The molecule has 1 amide bonds. The first-order valence-electron chi connectivity index (χ1n) is 4.94. The third-order valence-electron chi connectivity index (χ3n) is 3.05. The second-order valence-electron chi connectivity index (χ2n) is 4.14. The molecule has 4 heteroatoms. The van der Waals surface area contributed by atoms with Crippen LogP contribution in [0.4, 0.5) is 10.1 Å². The summed E-state index contributed by atoms with van der Waals surface area (Å²) in [5.41, 5.74) is 0.145. The van der Waals surface area contributed by atoms with Gasteiger partial charge >= 0.3 is 0 Å². The Labute approximate surface area is 91.2 Å². The van der Waals surface area contributed by atoms with Gasteiger partial charge in [0.05, 0.1) is 11.1 Å². The number of benzene rings is 1. The summed E-state index contributed by atoms with van der Waals surface area (Å²) in [4.78, 5) is 12.7. The van der Waals surface area contributed by atoms with E-state index in [0.29, 0.717) is 5.69 Å². The SMILES string of the molecule is O=C1Nc2c(F)cccc2SCC12CC2. The van der Waals surface area contributed by atoms with Gasteiger partial charge in [-0.3, -0.25) is 4.79 Å². The second-order valence-corrected chi connectivity index (χ2v) is 5.15. The van der Waals surface area contributed by atoms with Crippen molar-refractivity contribution in [2.24, 2.45) is 5.41 Å². The Morgan fingerprint density at radius 1 is 1.40 bits per heavy atom. The molecule has 0 atom stereocenters. The van der Waals surface area contributed by atoms with Gasteiger partial charge in [-0.1, -0.05) is 6.07 Å². The Bertz CT molecular complexity index is 442. The third kappa shape index (κ3) is 1.35. The number of carbonyl (C=O) groups excluding carboxylic acids is 1. The number of hydrogen-bond acceptors (Lipinski definition) is 2. The van der Waals surface area contributed by atoms with Crippen LogP contribution in [-0.4, -0.2) is 11.7 Å². The number of anilines is 1. The van der Waals surface area contributed by atoms with Gasteiger partial charge in [0.2, 0.25) is 5.91 Å². The monoisotopic (exact) mass is 223 g/mol. The van der Waals surface area contributed by atoms with Crippen molar-refractivity contribution in [3.63, 3.8) is 0 Å². The molecule has 78 valence electrons. The standard InChI is InChI=1S/C11H10FNOS/c12-7-2-1-3-8-9(7)13-10(14)11(4-5-11)6-15-8/h1-3H,4-6H2,(H,13,14). The summed E-state index contributed by atoms with van der Waals surface area (Å²) in [7, 11) is 0. The van der Waals surface area contributed by atoms with E-state index in [1.54, 1.807) is 17.8 Å². The predicted octanol–water partition coefficient (Wildman–Crippen LogP) is 2.65. The molecule has 2 nitrogen and oxygen atoms in total. The van der Waals surface area contributed by atoms with Crippen molar-refractivity contribution in [2.45, 2.75) is 17.7 Å². The van der Waals surface area contributed by atoms with Crippen molar-refractivity contribution in [1.82, 2.24) is 0 Å².